The fourth-order valence-corrected chi connectivity index (χ4v) is 3.39. The fraction of sp³-hybridized carbons (Fsp3) is 0.200. The van der Waals surface area contributed by atoms with Crippen molar-refractivity contribution in [2.24, 2.45) is 0 Å². The Morgan fingerprint density at radius 3 is 2.70 bits per heavy atom. The number of nitrogens with one attached hydrogen (secondary N) is 2. The summed E-state index contributed by atoms with van der Waals surface area (Å²) < 4.78 is 11.3. The number of aromatic amines is 1. The van der Waals surface area contributed by atoms with Crippen molar-refractivity contribution in [2.45, 2.75) is 20.0 Å². The average molecular weight is 384 g/mol. The van der Waals surface area contributed by atoms with Crippen LogP contribution in [0.5, 0.6) is 11.5 Å². The zero-order chi connectivity index (χ0) is 19.0. The lowest BCUT2D eigenvalue weighted by Gasteiger charge is -2.25. The van der Waals surface area contributed by atoms with Crippen LogP contribution in [0, 0.1) is 13.8 Å². The molecule has 1 aliphatic rings. The molecule has 7 heteroatoms. The third-order valence-electron chi connectivity index (χ3n) is 4.44. The van der Waals surface area contributed by atoms with E-state index in [9.17, 15) is 4.79 Å². The van der Waals surface area contributed by atoms with E-state index in [4.69, 9.17) is 21.1 Å². The van der Waals surface area contributed by atoms with E-state index >= 15 is 0 Å². The first-order chi connectivity index (χ1) is 13.0. The average Bonchev–Trinajstić information content (AvgIpc) is 3.00. The van der Waals surface area contributed by atoms with Crippen molar-refractivity contribution < 1.29 is 14.3 Å². The SMILES string of the molecule is Cc1n[nH]c(C)c1-c1ccc(NC(=O)[C@@H]2COc3ccccc3O2)cc1Cl. The maximum Gasteiger partial charge on any atom is 0.269 e. The molecule has 0 bridgehead atoms. The van der Waals surface area contributed by atoms with Crippen molar-refractivity contribution in [1.29, 1.82) is 0 Å². The largest absolute Gasteiger partial charge is 0.485 e. The van der Waals surface area contributed by atoms with E-state index in [1.807, 2.05) is 44.2 Å². The first-order valence-electron chi connectivity index (χ1n) is 8.54. The monoisotopic (exact) mass is 383 g/mol. The first kappa shape index (κ1) is 17.4. The number of nitrogens with zero attached hydrogens (tertiary/aromatic N) is 1. The van der Waals surface area contributed by atoms with Gasteiger partial charge in [-0.1, -0.05) is 29.8 Å². The molecular weight excluding hydrogens is 366 g/mol. The van der Waals surface area contributed by atoms with Crippen LogP contribution in [0.3, 0.4) is 0 Å². The predicted molar refractivity (Wildman–Crippen MR) is 103 cm³/mol. The second-order valence-corrected chi connectivity index (χ2v) is 6.76. The van der Waals surface area contributed by atoms with Crippen LogP contribution in [0.4, 0.5) is 5.69 Å². The van der Waals surface area contributed by atoms with Crippen molar-refractivity contribution in [3.8, 4) is 22.6 Å². The summed E-state index contributed by atoms with van der Waals surface area (Å²) in [5.41, 5.74) is 4.24. The van der Waals surface area contributed by atoms with Gasteiger partial charge in [0.25, 0.3) is 5.91 Å². The number of anilines is 1. The van der Waals surface area contributed by atoms with Gasteiger partial charge in [-0.2, -0.15) is 5.10 Å². The highest BCUT2D eigenvalue weighted by molar-refractivity contribution is 6.33. The van der Waals surface area contributed by atoms with Gasteiger partial charge in [0.15, 0.2) is 11.5 Å². The van der Waals surface area contributed by atoms with Crippen LogP contribution < -0.4 is 14.8 Å². The Labute approximate surface area is 161 Å². The molecule has 2 heterocycles. The number of amides is 1. The van der Waals surface area contributed by atoms with Gasteiger partial charge in [0.1, 0.15) is 6.61 Å². The van der Waals surface area contributed by atoms with Crippen LogP contribution in [0.25, 0.3) is 11.1 Å². The maximum absolute atomic E-state index is 12.5. The van der Waals surface area contributed by atoms with Gasteiger partial charge in [-0.25, -0.2) is 0 Å². The molecule has 1 aromatic heterocycles. The second kappa shape index (κ2) is 6.96. The summed E-state index contributed by atoms with van der Waals surface area (Å²) in [7, 11) is 0. The zero-order valence-electron chi connectivity index (χ0n) is 14.9. The number of halogens is 1. The van der Waals surface area contributed by atoms with E-state index in [1.54, 1.807) is 12.1 Å². The van der Waals surface area contributed by atoms with Gasteiger partial charge >= 0.3 is 0 Å². The van der Waals surface area contributed by atoms with Crippen molar-refractivity contribution in [1.82, 2.24) is 10.2 Å². The minimum atomic E-state index is -0.725. The summed E-state index contributed by atoms with van der Waals surface area (Å²) in [6, 6.07) is 12.7. The Morgan fingerprint density at radius 2 is 2.00 bits per heavy atom. The number of aromatic nitrogens is 2. The lowest BCUT2D eigenvalue weighted by Crippen LogP contribution is -2.40. The summed E-state index contributed by atoms with van der Waals surface area (Å²) in [5.74, 6) is 0.909. The van der Waals surface area contributed by atoms with E-state index in [1.165, 1.54) is 0 Å². The minimum absolute atomic E-state index is 0.155. The molecule has 0 saturated heterocycles. The summed E-state index contributed by atoms with van der Waals surface area (Å²) in [6.07, 6.45) is -0.725. The molecule has 1 amide bonds. The molecular formula is C20H18ClN3O3. The number of ether oxygens (including phenoxy) is 2. The lowest BCUT2D eigenvalue weighted by molar-refractivity contribution is -0.125. The van der Waals surface area contributed by atoms with Crippen LogP contribution >= 0.6 is 11.6 Å². The summed E-state index contributed by atoms with van der Waals surface area (Å²) in [4.78, 5) is 12.5. The second-order valence-electron chi connectivity index (χ2n) is 6.36. The molecule has 138 valence electrons. The minimum Gasteiger partial charge on any atom is -0.485 e. The maximum atomic E-state index is 12.5. The molecule has 0 spiro atoms. The number of fused-ring (bicyclic) bond motifs is 1. The van der Waals surface area contributed by atoms with Gasteiger partial charge in [-0.15, -0.1) is 0 Å². The Balaban J connectivity index is 1.50. The topological polar surface area (TPSA) is 76.2 Å². The molecule has 0 radical (unpaired) electrons. The van der Waals surface area contributed by atoms with Crippen molar-refractivity contribution in [3.63, 3.8) is 0 Å². The molecule has 1 atom stereocenters. The molecule has 2 N–H and O–H groups in total. The van der Waals surface area contributed by atoms with Gasteiger partial charge in [0.2, 0.25) is 6.10 Å². The van der Waals surface area contributed by atoms with E-state index in [0.29, 0.717) is 22.2 Å². The highest BCUT2D eigenvalue weighted by atomic mass is 35.5. The van der Waals surface area contributed by atoms with Crippen molar-refractivity contribution >= 4 is 23.2 Å². The number of aryl methyl sites for hydroxylation is 2. The van der Waals surface area contributed by atoms with E-state index in [0.717, 1.165) is 22.5 Å². The molecule has 0 fully saturated rings. The highest BCUT2D eigenvalue weighted by Crippen LogP contribution is 2.34. The zero-order valence-corrected chi connectivity index (χ0v) is 15.6. The Morgan fingerprint density at radius 1 is 1.22 bits per heavy atom. The Bertz CT molecular complexity index is 996. The summed E-state index contributed by atoms with van der Waals surface area (Å²) in [6.45, 7) is 4.02. The molecule has 0 saturated carbocycles. The fourth-order valence-electron chi connectivity index (χ4n) is 3.11. The number of carbonyl (C=O) groups excluding carboxylic acids is 1. The quantitative estimate of drug-likeness (QED) is 0.713. The number of rotatable bonds is 3. The van der Waals surface area contributed by atoms with E-state index in [-0.39, 0.29) is 12.5 Å². The third kappa shape index (κ3) is 3.36. The van der Waals surface area contributed by atoms with Crippen molar-refractivity contribution in [3.05, 3.63) is 58.9 Å². The highest BCUT2D eigenvalue weighted by Gasteiger charge is 2.27. The number of hydrogen-bond donors (Lipinski definition) is 2. The van der Waals surface area contributed by atoms with Crippen LogP contribution in [0.1, 0.15) is 11.4 Å². The molecule has 27 heavy (non-hydrogen) atoms. The van der Waals surface area contributed by atoms with E-state index < -0.39 is 6.10 Å². The normalized spacial score (nSPS) is 15.4. The van der Waals surface area contributed by atoms with Gasteiger partial charge in [0.05, 0.1) is 10.7 Å². The number of carbonyl (C=O) groups is 1. The van der Waals surface area contributed by atoms with E-state index in [2.05, 4.69) is 15.5 Å². The van der Waals surface area contributed by atoms with Crippen LogP contribution in [0.15, 0.2) is 42.5 Å². The molecule has 3 aromatic rings. The molecule has 6 nitrogen and oxygen atoms in total. The third-order valence-corrected chi connectivity index (χ3v) is 4.75. The lowest BCUT2D eigenvalue weighted by atomic mass is 10.0. The smallest absolute Gasteiger partial charge is 0.269 e. The number of H-pyrrole nitrogens is 1. The van der Waals surface area contributed by atoms with Crippen LogP contribution in [-0.2, 0) is 4.79 Å². The van der Waals surface area contributed by atoms with Gasteiger partial charge in [-0.3, -0.25) is 9.89 Å². The molecule has 0 unspecified atom stereocenters. The molecule has 0 aliphatic carbocycles. The number of hydrogen-bond acceptors (Lipinski definition) is 4. The van der Waals surface area contributed by atoms with Crippen LogP contribution in [-0.4, -0.2) is 28.8 Å². The first-order valence-corrected chi connectivity index (χ1v) is 8.91. The summed E-state index contributed by atoms with van der Waals surface area (Å²) in [5, 5.41) is 10.5. The Hall–Kier alpha value is -2.99. The number of benzene rings is 2. The Kier molecular flexibility index (Phi) is 4.49. The molecule has 1 aliphatic heterocycles. The number of para-hydroxylation sites is 2. The van der Waals surface area contributed by atoms with Crippen molar-refractivity contribution in [2.75, 3.05) is 11.9 Å². The van der Waals surface area contributed by atoms with Crippen LogP contribution in [0.2, 0.25) is 5.02 Å². The molecule has 2 aromatic carbocycles. The van der Waals surface area contributed by atoms with Gasteiger partial charge in [-0.05, 0) is 38.1 Å². The van der Waals surface area contributed by atoms with Gasteiger partial charge < -0.3 is 14.8 Å². The standard InChI is InChI=1S/C20H18ClN3O3/c1-11-19(12(2)24-23-11)14-8-7-13(9-15(14)21)22-20(25)18-10-26-16-5-3-4-6-17(16)27-18/h3-9,18H,10H2,1-2H3,(H,22,25)(H,23,24)/t18-/m0/s1. The predicted octanol–water partition coefficient (Wildman–Crippen LogP) is 4.13. The summed E-state index contributed by atoms with van der Waals surface area (Å²) >= 11 is 6.45. The molecule has 4 rings (SSSR count). The van der Waals surface area contributed by atoms with Gasteiger partial charge in [0, 0.05) is 22.5 Å².